The molecule has 0 unspecified atom stereocenters. The molecule has 3 aliphatic heterocycles. The molecule has 5 aliphatic rings. The van der Waals surface area contributed by atoms with Gasteiger partial charge in [-0.25, -0.2) is 0 Å². The maximum absolute atomic E-state index is 12.5. The third-order valence-corrected chi connectivity index (χ3v) is 8.73. The minimum atomic E-state index is -0.942. The molecular weight excluding hydrogens is 348 g/mol. The molecule has 2 aliphatic carbocycles. The van der Waals surface area contributed by atoms with Gasteiger partial charge in [0.1, 0.15) is 5.60 Å². The second-order valence-corrected chi connectivity index (χ2v) is 10.3. The summed E-state index contributed by atoms with van der Waals surface area (Å²) in [7, 11) is 0. The largest absolute Gasteiger partial charge is 0.459 e. The molecule has 5 fully saturated rings. The number of carbonyl (C=O) groups excluding carboxylic acids is 2. The van der Waals surface area contributed by atoms with E-state index in [1.54, 1.807) is 0 Å². The summed E-state index contributed by atoms with van der Waals surface area (Å²) in [6.45, 7) is 8.04. The Labute approximate surface area is 159 Å². The van der Waals surface area contributed by atoms with Crippen molar-refractivity contribution in [1.82, 2.24) is 0 Å². The fourth-order valence-corrected chi connectivity index (χ4v) is 7.35. The Kier molecular flexibility index (Phi) is 3.36. The molecule has 5 rings (SSSR count). The average molecular weight is 378 g/mol. The second-order valence-electron chi connectivity index (χ2n) is 10.3. The fourth-order valence-electron chi connectivity index (χ4n) is 7.35. The first kappa shape index (κ1) is 17.9. The molecule has 2 saturated carbocycles. The minimum absolute atomic E-state index is 0.0266. The van der Waals surface area contributed by atoms with Gasteiger partial charge in [0.2, 0.25) is 5.79 Å². The Bertz CT molecular complexity index is 717. The topological polar surface area (TPSA) is 82.1 Å². The summed E-state index contributed by atoms with van der Waals surface area (Å²) in [5, 5.41) is 11.7. The van der Waals surface area contributed by atoms with Crippen molar-refractivity contribution in [2.75, 3.05) is 0 Å². The summed E-state index contributed by atoms with van der Waals surface area (Å²) >= 11 is 0. The highest BCUT2D eigenvalue weighted by Gasteiger charge is 2.75. The minimum Gasteiger partial charge on any atom is -0.459 e. The predicted octanol–water partition coefficient (Wildman–Crippen LogP) is 2.56. The van der Waals surface area contributed by atoms with E-state index < -0.39 is 22.4 Å². The number of rotatable bonds is 1. The molecule has 150 valence electrons. The third kappa shape index (κ3) is 2.04. The van der Waals surface area contributed by atoms with Crippen molar-refractivity contribution in [3.63, 3.8) is 0 Å². The van der Waals surface area contributed by atoms with E-state index in [0.717, 1.165) is 12.8 Å². The van der Waals surface area contributed by atoms with Crippen LogP contribution in [0.2, 0.25) is 0 Å². The number of ether oxygens (including phenoxy) is 3. The highest BCUT2D eigenvalue weighted by atomic mass is 16.7. The lowest BCUT2D eigenvalue weighted by Gasteiger charge is -2.38. The number of hydrogen-bond acceptors (Lipinski definition) is 6. The van der Waals surface area contributed by atoms with Gasteiger partial charge in [0, 0.05) is 29.6 Å². The Morgan fingerprint density at radius 2 is 1.74 bits per heavy atom. The van der Waals surface area contributed by atoms with E-state index in [-0.39, 0.29) is 41.7 Å². The van der Waals surface area contributed by atoms with Gasteiger partial charge in [-0.3, -0.25) is 9.59 Å². The molecule has 3 saturated heterocycles. The number of esters is 2. The number of fused-ring (bicyclic) bond motifs is 6. The summed E-state index contributed by atoms with van der Waals surface area (Å²) in [6, 6.07) is 0. The summed E-state index contributed by atoms with van der Waals surface area (Å²) < 4.78 is 17.8. The van der Waals surface area contributed by atoms with Gasteiger partial charge < -0.3 is 19.3 Å². The molecule has 0 bridgehead atoms. The van der Waals surface area contributed by atoms with E-state index in [2.05, 4.69) is 6.92 Å². The summed E-state index contributed by atoms with van der Waals surface area (Å²) in [5.74, 6) is -1.32. The van der Waals surface area contributed by atoms with Gasteiger partial charge in [0.05, 0.1) is 24.0 Å². The van der Waals surface area contributed by atoms with Crippen LogP contribution in [-0.2, 0) is 23.8 Å². The summed E-state index contributed by atoms with van der Waals surface area (Å²) in [5.41, 5.74) is -1.83. The van der Waals surface area contributed by atoms with E-state index in [0.29, 0.717) is 25.7 Å². The van der Waals surface area contributed by atoms with Gasteiger partial charge in [0.25, 0.3) is 0 Å². The van der Waals surface area contributed by atoms with Crippen LogP contribution in [0.1, 0.15) is 66.2 Å². The first-order chi connectivity index (χ1) is 12.6. The zero-order valence-corrected chi connectivity index (χ0v) is 16.6. The summed E-state index contributed by atoms with van der Waals surface area (Å²) in [6.07, 6.45) is 3.50. The number of aliphatic hydroxyl groups is 1. The smallest absolute Gasteiger partial charge is 0.310 e. The Morgan fingerprint density at radius 3 is 2.44 bits per heavy atom. The van der Waals surface area contributed by atoms with Crippen LogP contribution in [0.15, 0.2) is 0 Å². The maximum Gasteiger partial charge on any atom is 0.310 e. The molecule has 0 amide bonds. The molecular formula is C21H30O6. The van der Waals surface area contributed by atoms with Gasteiger partial charge in [-0.05, 0) is 39.5 Å². The Balaban J connectivity index is 1.50. The monoisotopic (exact) mass is 378 g/mol. The molecule has 0 radical (unpaired) electrons. The standard InChI is InChI=1S/C21H30O6/c1-5-21-19(4,10-15(22)25-21)14-9-20(24)8-11-12(18(2,3)27-17(11)23)6-7-13(20)16(14)26-21/h11-14,16,24H,5-10H2,1-4H3/t11-,12+,13+,14-,16+,19+,20+,21-/m0/s1. The molecule has 6 nitrogen and oxygen atoms in total. The molecule has 0 aromatic rings. The van der Waals surface area contributed by atoms with Crippen LogP contribution in [0.4, 0.5) is 0 Å². The van der Waals surface area contributed by atoms with Gasteiger partial charge >= 0.3 is 11.9 Å². The van der Waals surface area contributed by atoms with Crippen LogP contribution in [0.3, 0.4) is 0 Å². The van der Waals surface area contributed by atoms with Crippen molar-refractivity contribution < 1.29 is 28.9 Å². The first-order valence-corrected chi connectivity index (χ1v) is 10.4. The van der Waals surface area contributed by atoms with Crippen molar-refractivity contribution in [3.05, 3.63) is 0 Å². The third-order valence-electron chi connectivity index (χ3n) is 8.73. The van der Waals surface area contributed by atoms with Gasteiger partial charge in [-0.1, -0.05) is 13.8 Å². The molecule has 0 aromatic heterocycles. The fraction of sp³-hybridized carbons (Fsp3) is 0.905. The zero-order valence-electron chi connectivity index (χ0n) is 16.6. The van der Waals surface area contributed by atoms with Crippen molar-refractivity contribution in [3.8, 4) is 0 Å². The van der Waals surface area contributed by atoms with Crippen LogP contribution in [0.25, 0.3) is 0 Å². The SMILES string of the molecule is CC[C@@]12OC(=O)C[C@]1(C)[C@H]1C[C@]3(O)C[C@@H]4C(=O)OC(C)(C)[C@@H]4CC[C@@H]3[C@H]1O2. The van der Waals surface area contributed by atoms with Crippen molar-refractivity contribution in [2.24, 2.45) is 29.1 Å². The van der Waals surface area contributed by atoms with Crippen LogP contribution in [0, 0.1) is 29.1 Å². The van der Waals surface area contributed by atoms with E-state index >= 15 is 0 Å². The molecule has 8 atom stereocenters. The summed E-state index contributed by atoms with van der Waals surface area (Å²) in [4.78, 5) is 24.6. The number of hydrogen-bond donors (Lipinski definition) is 1. The average Bonchev–Trinajstić information content (AvgIpc) is 3.08. The Hall–Kier alpha value is -1.14. The van der Waals surface area contributed by atoms with Crippen molar-refractivity contribution in [2.45, 2.75) is 89.3 Å². The number of cyclic esters (lactones) is 1. The van der Waals surface area contributed by atoms with Crippen LogP contribution in [0.5, 0.6) is 0 Å². The number of carbonyl (C=O) groups is 2. The highest BCUT2D eigenvalue weighted by Crippen LogP contribution is 2.68. The molecule has 27 heavy (non-hydrogen) atoms. The Morgan fingerprint density at radius 1 is 1.04 bits per heavy atom. The zero-order chi connectivity index (χ0) is 19.4. The van der Waals surface area contributed by atoms with Gasteiger partial charge in [-0.15, -0.1) is 0 Å². The molecule has 0 spiro atoms. The molecule has 1 N–H and O–H groups in total. The molecule has 0 aromatic carbocycles. The molecule has 3 heterocycles. The second kappa shape index (κ2) is 5.07. The van der Waals surface area contributed by atoms with E-state index in [1.165, 1.54) is 0 Å². The maximum atomic E-state index is 12.5. The first-order valence-electron chi connectivity index (χ1n) is 10.4. The normalized spacial score (nSPS) is 55.2. The lowest BCUT2D eigenvalue weighted by atomic mass is 9.68. The van der Waals surface area contributed by atoms with Crippen molar-refractivity contribution >= 4 is 11.9 Å². The van der Waals surface area contributed by atoms with E-state index in [4.69, 9.17) is 14.2 Å². The van der Waals surface area contributed by atoms with Crippen molar-refractivity contribution in [1.29, 1.82) is 0 Å². The quantitative estimate of drug-likeness (QED) is 0.706. The molecule has 6 heteroatoms. The lowest BCUT2D eigenvalue weighted by molar-refractivity contribution is -0.241. The van der Waals surface area contributed by atoms with Crippen LogP contribution in [-0.4, -0.2) is 40.1 Å². The van der Waals surface area contributed by atoms with Crippen LogP contribution < -0.4 is 0 Å². The van der Waals surface area contributed by atoms with E-state index in [1.807, 2.05) is 20.8 Å². The highest BCUT2D eigenvalue weighted by molar-refractivity contribution is 5.76. The van der Waals surface area contributed by atoms with Crippen LogP contribution >= 0.6 is 0 Å². The lowest BCUT2D eigenvalue weighted by Crippen LogP contribution is -2.45. The van der Waals surface area contributed by atoms with E-state index in [9.17, 15) is 14.7 Å². The predicted molar refractivity (Wildman–Crippen MR) is 94.3 cm³/mol. The van der Waals surface area contributed by atoms with Gasteiger partial charge in [0.15, 0.2) is 0 Å². The van der Waals surface area contributed by atoms with Gasteiger partial charge in [-0.2, -0.15) is 0 Å².